The summed E-state index contributed by atoms with van der Waals surface area (Å²) in [5, 5.41) is 0.167. The molecule has 1 N–H and O–H groups in total. The lowest BCUT2D eigenvalue weighted by atomic mass is 10.1. The SMILES string of the molecule is CCCNS(=O)(=O)c1ccc(OCC(=O)N2CCCCC2)c(Cl)c1. The Kier molecular flexibility index (Phi) is 6.89. The second-order valence-corrected chi connectivity index (χ2v) is 7.89. The van der Waals surface area contributed by atoms with Gasteiger partial charge in [0.1, 0.15) is 5.75 Å². The van der Waals surface area contributed by atoms with E-state index in [0.717, 1.165) is 32.4 Å². The molecule has 1 fully saturated rings. The number of nitrogens with zero attached hydrogens (tertiary/aromatic N) is 1. The third-order valence-electron chi connectivity index (χ3n) is 3.82. The molecule has 0 aromatic heterocycles. The molecule has 0 saturated carbocycles. The summed E-state index contributed by atoms with van der Waals surface area (Å²) in [5.41, 5.74) is 0. The van der Waals surface area contributed by atoms with Gasteiger partial charge in [0.05, 0.1) is 9.92 Å². The molecule has 8 heteroatoms. The summed E-state index contributed by atoms with van der Waals surface area (Å²) in [6.07, 6.45) is 3.89. The van der Waals surface area contributed by atoms with E-state index in [0.29, 0.717) is 18.7 Å². The fraction of sp³-hybridized carbons (Fsp3) is 0.562. The van der Waals surface area contributed by atoms with E-state index in [1.54, 1.807) is 4.90 Å². The number of carbonyl (C=O) groups is 1. The lowest BCUT2D eigenvalue weighted by molar-refractivity contribution is -0.134. The van der Waals surface area contributed by atoms with Gasteiger partial charge < -0.3 is 9.64 Å². The fourth-order valence-corrected chi connectivity index (χ4v) is 3.92. The van der Waals surface area contributed by atoms with Gasteiger partial charge in [-0.15, -0.1) is 0 Å². The van der Waals surface area contributed by atoms with Gasteiger partial charge in [-0.3, -0.25) is 4.79 Å². The average molecular weight is 375 g/mol. The average Bonchev–Trinajstić information content (AvgIpc) is 2.59. The molecule has 1 saturated heterocycles. The number of halogens is 1. The Morgan fingerprint density at radius 3 is 2.62 bits per heavy atom. The van der Waals surface area contributed by atoms with Crippen molar-refractivity contribution in [2.24, 2.45) is 0 Å². The second kappa shape index (κ2) is 8.69. The summed E-state index contributed by atoms with van der Waals surface area (Å²) in [4.78, 5) is 13.9. The zero-order valence-corrected chi connectivity index (χ0v) is 15.3. The van der Waals surface area contributed by atoms with Crippen LogP contribution in [0, 0.1) is 0 Å². The molecule has 0 spiro atoms. The zero-order valence-electron chi connectivity index (χ0n) is 13.8. The number of nitrogens with one attached hydrogen (secondary N) is 1. The Hall–Kier alpha value is -1.31. The van der Waals surface area contributed by atoms with Crippen molar-refractivity contribution >= 4 is 27.5 Å². The summed E-state index contributed by atoms with van der Waals surface area (Å²) < 4.78 is 32.1. The number of ether oxygens (including phenoxy) is 1. The van der Waals surface area contributed by atoms with Crippen LogP contribution >= 0.6 is 11.6 Å². The van der Waals surface area contributed by atoms with Crippen LogP contribution in [-0.4, -0.2) is 45.5 Å². The van der Waals surface area contributed by atoms with Gasteiger partial charge in [0.2, 0.25) is 10.0 Å². The quantitative estimate of drug-likeness (QED) is 0.795. The maximum atomic E-state index is 12.1. The highest BCUT2D eigenvalue weighted by atomic mass is 35.5. The molecule has 6 nitrogen and oxygen atoms in total. The third kappa shape index (κ3) is 5.09. The van der Waals surface area contributed by atoms with Crippen molar-refractivity contribution in [1.82, 2.24) is 9.62 Å². The van der Waals surface area contributed by atoms with Crippen molar-refractivity contribution in [3.8, 4) is 5.75 Å². The number of hydrogen-bond acceptors (Lipinski definition) is 4. The predicted octanol–water partition coefficient (Wildman–Crippen LogP) is 2.42. The number of likely N-dealkylation sites (tertiary alicyclic amines) is 1. The minimum absolute atomic E-state index is 0.0768. The smallest absolute Gasteiger partial charge is 0.260 e. The minimum atomic E-state index is -3.58. The van der Waals surface area contributed by atoms with Gasteiger partial charge >= 0.3 is 0 Å². The first kappa shape index (κ1) is 19.0. The Labute approximate surface area is 148 Å². The van der Waals surface area contributed by atoms with Crippen LogP contribution in [0.25, 0.3) is 0 Å². The fourth-order valence-electron chi connectivity index (χ4n) is 2.46. The Bertz CT molecular complexity index is 673. The van der Waals surface area contributed by atoms with Gasteiger partial charge in [0.25, 0.3) is 5.91 Å². The number of sulfonamides is 1. The number of amides is 1. The molecule has 1 aromatic carbocycles. The molecule has 0 atom stereocenters. The van der Waals surface area contributed by atoms with Crippen LogP contribution in [0.15, 0.2) is 23.1 Å². The third-order valence-corrected chi connectivity index (χ3v) is 5.57. The van der Waals surface area contributed by atoms with Crippen molar-refractivity contribution in [2.75, 3.05) is 26.2 Å². The van der Waals surface area contributed by atoms with Crippen molar-refractivity contribution in [3.05, 3.63) is 23.2 Å². The summed E-state index contributed by atoms with van der Waals surface area (Å²) in [6.45, 7) is 3.67. The molecule has 0 radical (unpaired) electrons. The van der Waals surface area contributed by atoms with Gasteiger partial charge in [0.15, 0.2) is 6.61 Å². The lowest BCUT2D eigenvalue weighted by Crippen LogP contribution is -2.38. The number of rotatable bonds is 7. The van der Waals surface area contributed by atoms with Crippen molar-refractivity contribution in [3.63, 3.8) is 0 Å². The first-order valence-electron chi connectivity index (χ1n) is 8.14. The molecular weight excluding hydrogens is 352 g/mol. The van der Waals surface area contributed by atoms with E-state index in [9.17, 15) is 13.2 Å². The normalized spacial score (nSPS) is 15.3. The van der Waals surface area contributed by atoms with Crippen LogP contribution in [0.1, 0.15) is 32.6 Å². The molecule has 2 rings (SSSR count). The second-order valence-electron chi connectivity index (χ2n) is 5.72. The largest absolute Gasteiger partial charge is 0.482 e. The molecule has 1 amide bonds. The van der Waals surface area contributed by atoms with Crippen molar-refractivity contribution in [1.29, 1.82) is 0 Å². The highest BCUT2D eigenvalue weighted by Crippen LogP contribution is 2.27. The molecule has 0 aliphatic carbocycles. The van der Waals surface area contributed by atoms with Gasteiger partial charge in [-0.1, -0.05) is 18.5 Å². The summed E-state index contributed by atoms with van der Waals surface area (Å²) in [5.74, 6) is 0.226. The van der Waals surface area contributed by atoms with Crippen LogP contribution in [0.3, 0.4) is 0 Å². The van der Waals surface area contributed by atoms with Gasteiger partial charge in [-0.2, -0.15) is 0 Å². The molecule has 1 aliphatic rings. The van der Waals surface area contributed by atoms with Gasteiger partial charge in [-0.25, -0.2) is 13.1 Å². The molecule has 1 aromatic rings. The van der Waals surface area contributed by atoms with E-state index in [2.05, 4.69) is 4.72 Å². The van der Waals surface area contributed by atoms with Crippen LogP contribution in [0.4, 0.5) is 0 Å². The highest BCUT2D eigenvalue weighted by molar-refractivity contribution is 7.89. The van der Waals surface area contributed by atoms with Crippen molar-refractivity contribution in [2.45, 2.75) is 37.5 Å². The first-order valence-corrected chi connectivity index (χ1v) is 10.00. The van der Waals surface area contributed by atoms with E-state index >= 15 is 0 Å². The van der Waals surface area contributed by atoms with Gasteiger partial charge in [-0.05, 0) is 43.9 Å². The minimum Gasteiger partial charge on any atom is -0.482 e. The monoisotopic (exact) mass is 374 g/mol. The van der Waals surface area contributed by atoms with Crippen LogP contribution in [0.5, 0.6) is 5.75 Å². The van der Waals surface area contributed by atoms with E-state index in [4.69, 9.17) is 16.3 Å². The zero-order chi connectivity index (χ0) is 17.6. The summed E-state index contributed by atoms with van der Waals surface area (Å²) in [7, 11) is -3.58. The maximum Gasteiger partial charge on any atom is 0.260 e. The van der Waals surface area contributed by atoms with E-state index in [-0.39, 0.29) is 22.4 Å². The van der Waals surface area contributed by atoms with Crippen LogP contribution in [0.2, 0.25) is 5.02 Å². The molecule has 0 bridgehead atoms. The number of piperidine rings is 1. The van der Waals surface area contributed by atoms with Gasteiger partial charge in [0, 0.05) is 19.6 Å². The highest BCUT2D eigenvalue weighted by Gasteiger charge is 2.19. The summed E-state index contributed by atoms with van der Waals surface area (Å²) >= 11 is 6.10. The molecule has 134 valence electrons. The topological polar surface area (TPSA) is 75.7 Å². The lowest BCUT2D eigenvalue weighted by Gasteiger charge is -2.26. The Morgan fingerprint density at radius 1 is 1.29 bits per heavy atom. The number of carbonyl (C=O) groups excluding carboxylic acids is 1. The van der Waals surface area contributed by atoms with E-state index in [1.165, 1.54) is 18.2 Å². The van der Waals surface area contributed by atoms with Crippen LogP contribution < -0.4 is 9.46 Å². The summed E-state index contributed by atoms with van der Waals surface area (Å²) in [6, 6.07) is 4.23. The molecular formula is C16H23ClN2O4S. The molecule has 1 aliphatic heterocycles. The number of hydrogen-bond donors (Lipinski definition) is 1. The van der Waals surface area contributed by atoms with E-state index < -0.39 is 10.0 Å². The maximum absolute atomic E-state index is 12.1. The predicted molar refractivity (Wildman–Crippen MR) is 92.9 cm³/mol. The Morgan fingerprint density at radius 2 is 2.00 bits per heavy atom. The first-order chi connectivity index (χ1) is 11.4. The molecule has 1 heterocycles. The standard InChI is InChI=1S/C16H23ClN2O4S/c1-2-8-18-24(21,22)13-6-7-15(14(17)11-13)23-12-16(20)19-9-4-3-5-10-19/h6-7,11,18H,2-5,8-10,12H2,1H3. The van der Waals surface area contributed by atoms with Crippen molar-refractivity contribution < 1.29 is 17.9 Å². The molecule has 0 unspecified atom stereocenters. The van der Waals surface area contributed by atoms with E-state index in [1.807, 2.05) is 6.92 Å². The van der Waals surface area contributed by atoms with Crippen LogP contribution in [-0.2, 0) is 14.8 Å². The Balaban J connectivity index is 1.98. The number of benzene rings is 1. The molecule has 24 heavy (non-hydrogen) atoms.